The molecular formula is C17H16N4O3. The van der Waals surface area contributed by atoms with Crippen LogP contribution >= 0.6 is 0 Å². The summed E-state index contributed by atoms with van der Waals surface area (Å²) in [5, 5.41) is 0. The SMILES string of the molecule is Cn1c(=O)[nH]c(=O)c2c1nc1n2CCC(=O)[C@H]1Cc1ccccc1. The fraction of sp³-hybridized carbons (Fsp3) is 0.294. The van der Waals surface area contributed by atoms with E-state index in [0.29, 0.717) is 36.4 Å². The smallest absolute Gasteiger partial charge is 0.321 e. The number of hydrogen-bond acceptors (Lipinski definition) is 4. The number of hydrogen-bond donors (Lipinski definition) is 1. The van der Waals surface area contributed by atoms with Crippen LogP contribution in [0.15, 0.2) is 39.9 Å². The van der Waals surface area contributed by atoms with Gasteiger partial charge >= 0.3 is 5.69 Å². The Morgan fingerprint density at radius 3 is 2.71 bits per heavy atom. The molecule has 3 heterocycles. The number of benzene rings is 1. The third-order valence-corrected chi connectivity index (χ3v) is 4.60. The maximum atomic E-state index is 12.5. The van der Waals surface area contributed by atoms with E-state index < -0.39 is 17.2 Å². The van der Waals surface area contributed by atoms with Crippen LogP contribution in [-0.4, -0.2) is 24.9 Å². The average molecular weight is 324 g/mol. The number of ketones is 1. The molecular weight excluding hydrogens is 308 g/mol. The van der Waals surface area contributed by atoms with Gasteiger partial charge in [0, 0.05) is 20.0 Å². The summed E-state index contributed by atoms with van der Waals surface area (Å²) < 4.78 is 3.09. The summed E-state index contributed by atoms with van der Waals surface area (Å²) in [6.45, 7) is 0.414. The van der Waals surface area contributed by atoms with Crippen LogP contribution in [0.5, 0.6) is 0 Å². The molecule has 0 unspecified atom stereocenters. The Labute approximate surface area is 136 Å². The molecule has 0 saturated heterocycles. The second-order valence-corrected chi connectivity index (χ2v) is 6.07. The number of H-pyrrole nitrogens is 1. The zero-order chi connectivity index (χ0) is 16.8. The molecule has 0 saturated carbocycles. The molecule has 1 aliphatic rings. The minimum atomic E-state index is -0.506. The number of carbonyl (C=O) groups is 1. The third kappa shape index (κ3) is 2.12. The first kappa shape index (κ1) is 14.6. The predicted molar refractivity (Wildman–Crippen MR) is 88.1 cm³/mol. The lowest BCUT2D eigenvalue weighted by Gasteiger charge is -2.22. The summed E-state index contributed by atoms with van der Waals surface area (Å²) in [6, 6.07) is 9.73. The zero-order valence-corrected chi connectivity index (χ0v) is 13.2. The van der Waals surface area contributed by atoms with Crippen molar-refractivity contribution in [2.45, 2.75) is 25.3 Å². The molecule has 0 spiro atoms. The second kappa shape index (κ2) is 5.30. The molecule has 0 fully saturated rings. The fourth-order valence-electron chi connectivity index (χ4n) is 3.34. The van der Waals surface area contributed by atoms with Crippen molar-refractivity contribution in [3.05, 3.63) is 62.6 Å². The number of aryl methyl sites for hydroxylation is 2. The van der Waals surface area contributed by atoms with Gasteiger partial charge in [-0.15, -0.1) is 0 Å². The number of rotatable bonds is 2. The van der Waals surface area contributed by atoms with Crippen molar-refractivity contribution in [1.29, 1.82) is 0 Å². The maximum Gasteiger partial charge on any atom is 0.329 e. The Bertz CT molecular complexity index is 1060. The molecule has 3 aromatic rings. The minimum Gasteiger partial charge on any atom is -0.321 e. The van der Waals surface area contributed by atoms with Crippen molar-refractivity contribution in [2.24, 2.45) is 7.05 Å². The first-order chi connectivity index (χ1) is 11.6. The van der Waals surface area contributed by atoms with Gasteiger partial charge in [-0.1, -0.05) is 30.3 Å². The van der Waals surface area contributed by atoms with E-state index in [2.05, 4.69) is 9.97 Å². The first-order valence-electron chi connectivity index (χ1n) is 7.82. The van der Waals surface area contributed by atoms with Gasteiger partial charge in [0.05, 0.1) is 5.92 Å². The summed E-state index contributed by atoms with van der Waals surface area (Å²) in [5.41, 5.74) is 0.761. The summed E-state index contributed by atoms with van der Waals surface area (Å²) in [5.74, 6) is 0.281. The van der Waals surface area contributed by atoms with E-state index >= 15 is 0 Å². The highest BCUT2D eigenvalue weighted by atomic mass is 16.2. The molecule has 1 atom stereocenters. The summed E-state index contributed by atoms with van der Waals surface area (Å²) in [7, 11) is 1.56. The van der Waals surface area contributed by atoms with Gasteiger partial charge in [-0.3, -0.25) is 19.1 Å². The van der Waals surface area contributed by atoms with Crippen molar-refractivity contribution in [3.63, 3.8) is 0 Å². The molecule has 7 heteroatoms. The van der Waals surface area contributed by atoms with Crippen LogP contribution in [0.4, 0.5) is 0 Å². The molecule has 4 rings (SSSR count). The molecule has 24 heavy (non-hydrogen) atoms. The normalized spacial score (nSPS) is 17.2. The molecule has 0 bridgehead atoms. The lowest BCUT2D eigenvalue weighted by atomic mass is 9.90. The molecule has 2 aromatic heterocycles. The molecule has 0 amide bonds. The number of aromatic amines is 1. The van der Waals surface area contributed by atoms with Crippen LogP contribution in [0.25, 0.3) is 11.2 Å². The molecule has 0 aliphatic carbocycles. The topological polar surface area (TPSA) is 89.8 Å². The van der Waals surface area contributed by atoms with E-state index in [0.717, 1.165) is 5.56 Å². The summed E-state index contributed by atoms with van der Waals surface area (Å²) >= 11 is 0. The van der Waals surface area contributed by atoms with Crippen LogP contribution < -0.4 is 11.2 Å². The largest absolute Gasteiger partial charge is 0.329 e. The van der Waals surface area contributed by atoms with Gasteiger partial charge in [-0.2, -0.15) is 0 Å². The van der Waals surface area contributed by atoms with Crippen molar-refractivity contribution in [3.8, 4) is 0 Å². The monoisotopic (exact) mass is 324 g/mol. The van der Waals surface area contributed by atoms with Gasteiger partial charge in [0.1, 0.15) is 11.6 Å². The summed E-state index contributed by atoms with van der Waals surface area (Å²) in [4.78, 5) is 43.3. The van der Waals surface area contributed by atoms with E-state index in [9.17, 15) is 14.4 Å². The van der Waals surface area contributed by atoms with Crippen LogP contribution in [0.3, 0.4) is 0 Å². The van der Waals surface area contributed by atoms with E-state index in [4.69, 9.17) is 0 Å². The number of fused-ring (bicyclic) bond motifs is 3. The van der Waals surface area contributed by atoms with Crippen LogP contribution in [0.2, 0.25) is 0 Å². The van der Waals surface area contributed by atoms with Gasteiger partial charge in [0.15, 0.2) is 11.2 Å². The van der Waals surface area contributed by atoms with Crippen molar-refractivity contribution in [1.82, 2.24) is 19.1 Å². The zero-order valence-electron chi connectivity index (χ0n) is 13.2. The Kier molecular flexibility index (Phi) is 3.23. The molecule has 1 N–H and O–H groups in total. The second-order valence-electron chi connectivity index (χ2n) is 6.07. The fourth-order valence-corrected chi connectivity index (χ4v) is 3.34. The molecule has 1 aliphatic heterocycles. The van der Waals surface area contributed by atoms with E-state index in [1.165, 1.54) is 4.57 Å². The van der Waals surface area contributed by atoms with Crippen LogP contribution in [-0.2, 0) is 24.8 Å². The number of nitrogens with one attached hydrogen (secondary N) is 1. The standard InChI is InChI=1S/C17H16N4O3/c1-20-15-13(16(23)19-17(20)24)21-8-7-12(22)11(14(21)18-15)9-10-5-3-2-4-6-10/h2-6,11H,7-9H2,1H3,(H,19,23,24)/t11-/m1/s1. The summed E-state index contributed by atoms with van der Waals surface area (Å²) in [6.07, 6.45) is 0.896. The number of nitrogens with zero attached hydrogens (tertiary/aromatic N) is 3. The number of carbonyl (C=O) groups excluding carboxylic acids is 1. The quantitative estimate of drug-likeness (QED) is 0.752. The molecule has 7 nitrogen and oxygen atoms in total. The third-order valence-electron chi connectivity index (χ3n) is 4.60. The average Bonchev–Trinajstić information content (AvgIpc) is 2.97. The van der Waals surface area contributed by atoms with Crippen LogP contribution in [0.1, 0.15) is 23.7 Å². The lowest BCUT2D eigenvalue weighted by Crippen LogP contribution is -2.30. The van der Waals surface area contributed by atoms with E-state index in [-0.39, 0.29) is 5.78 Å². The molecule has 122 valence electrons. The highest BCUT2D eigenvalue weighted by Crippen LogP contribution is 2.29. The van der Waals surface area contributed by atoms with E-state index in [1.54, 1.807) is 11.6 Å². The number of aromatic nitrogens is 4. The van der Waals surface area contributed by atoms with Crippen LogP contribution in [0, 0.1) is 0 Å². The highest BCUT2D eigenvalue weighted by molar-refractivity contribution is 5.88. The van der Waals surface area contributed by atoms with Gasteiger partial charge in [0.2, 0.25) is 0 Å². The van der Waals surface area contributed by atoms with Gasteiger partial charge in [-0.05, 0) is 12.0 Å². The van der Waals surface area contributed by atoms with Gasteiger partial charge in [0.25, 0.3) is 5.56 Å². The number of imidazole rings is 1. The minimum absolute atomic E-state index is 0.114. The van der Waals surface area contributed by atoms with Gasteiger partial charge in [-0.25, -0.2) is 9.78 Å². The predicted octanol–water partition coefficient (Wildman–Crippen LogP) is 0.722. The van der Waals surface area contributed by atoms with Gasteiger partial charge < -0.3 is 4.57 Å². The molecule has 0 radical (unpaired) electrons. The van der Waals surface area contributed by atoms with Crippen molar-refractivity contribution >= 4 is 16.9 Å². The lowest BCUT2D eigenvalue weighted by molar-refractivity contribution is -0.121. The first-order valence-corrected chi connectivity index (χ1v) is 7.82. The Morgan fingerprint density at radius 1 is 1.21 bits per heavy atom. The Balaban J connectivity index is 1.92. The molecule has 1 aromatic carbocycles. The highest BCUT2D eigenvalue weighted by Gasteiger charge is 2.32. The number of Topliss-reactive ketones (excluding diaryl/α,β-unsaturated/α-hetero) is 1. The van der Waals surface area contributed by atoms with Crippen molar-refractivity contribution in [2.75, 3.05) is 0 Å². The van der Waals surface area contributed by atoms with Crippen molar-refractivity contribution < 1.29 is 4.79 Å². The Hall–Kier alpha value is -2.96. The van der Waals surface area contributed by atoms with E-state index in [1.807, 2.05) is 30.3 Å². The maximum absolute atomic E-state index is 12.5. The Morgan fingerprint density at radius 2 is 1.96 bits per heavy atom.